The first-order chi connectivity index (χ1) is 13.4. The Morgan fingerprint density at radius 2 is 1.75 bits per heavy atom. The lowest BCUT2D eigenvalue weighted by molar-refractivity contribution is 0.102. The molecule has 3 rings (SSSR count). The molecule has 2 aromatic rings. The van der Waals surface area contributed by atoms with Crippen molar-refractivity contribution in [2.45, 2.75) is 13.5 Å². The van der Waals surface area contributed by atoms with Gasteiger partial charge in [-0.2, -0.15) is 0 Å². The smallest absolute Gasteiger partial charge is 0.255 e. The van der Waals surface area contributed by atoms with Crippen LogP contribution in [0.2, 0.25) is 0 Å². The Kier molecular flexibility index (Phi) is 6.61. The molecule has 1 fully saturated rings. The molecule has 1 aliphatic rings. The standard InChI is InChI=1S/C21H27N5OS/c1-15-3-8-18(13-19(15)24-21(22)28)23-20(27)17-6-4-16(5-7-17)14-26-11-9-25(2)10-12-26/h3-8,13H,9-12,14H2,1-2H3,(H,23,27)(H3,22,24,28). The second kappa shape index (κ2) is 9.14. The van der Waals surface area contributed by atoms with Crippen molar-refractivity contribution in [1.29, 1.82) is 0 Å². The number of piperazine rings is 1. The number of hydrogen-bond donors (Lipinski definition) is 3. The van der Waals surface area contributed by atoms with E-state index in [0.717, 1.165) is 44.0 Å². The number of hydrogen-bond acceptors (Lipinski definition) is 4. The summed E-state index contributed by atoms with van der Waals surface area (Å²) < 4.78 is 0. The van der Waals surface area contributed by atoms with E-state index in [2.05, 4.69) is 27.5 Å². The zero-order valence-electron chi connectivity index (χ0n) is 16.4. The number of amides is 1. The second-order valence-corrected chi connectivity index (χ2v) is 7.69. The number of rotatable bonds is 5. The van der Waals surface area contributed by atoms with Crippen molar-refractivity contribution >= 4 is 34.6 Å². The molecule has 1 amide bonds. The van der Waals surface area contributed by atoms with Crippen LogP contribution in [0, 0.1) is 6.92 Å². The summed E-state index contributed by atoms with van der Waals surface area (Å²) >= 11 is 4.89. The summed E-state index contributed by atoms with van der Waals surface area (Å²) in [4.78, 5) is 17.4. The van der Waals surface area contributed by atoms with Gasteiger partial charge < -0.3 is 21.3 Å². The molecule has 0 spiro atoms. The molecule has 28 heavy (non-hydrogen) atoms. The van der Waals surface area contributed by atoms with Gasteiger partial charge in [0, 0.05) is 49.7 Å². The Balaban J connectivity index is 1.61. The van der Waals surface area contributed by atoms with Gasteiger partial charge in [-0.3, -0.25) is 9.69 Å². The fraction of sp³-hybridized carbons (Fsp3) is 0.333. The summed E-state index contributed by atoms with van der Waals surface area (Å²) in [5, 5.41) is 6.05. The fourth-order valence-electron chi connectivity index (χ4n) is 3.20. The number of aryl methyl sites for hydroxylation is 1. The molecular weight excluding hydrogens is 370 g/mol. The molecule has 0 saturated carbocycles. The summed E-state index contributed by atoms with van der Waals surface area (Å²) in [5.41, 5.74) is 9.88. The van der Waals surface area contributed by atoms with Gasteiger partial charge in [0.05, 0.1) is 0 Å². The highest BCUT2D eigenvalue weighted by atomic mass is 32.1. The lowest BCUT2D eigenvalue weighted by Gasteiger charge is -2.32. The molecular formula is C21H27N5OS. The number of carbonyl (C=O) groups is 1. The highest BCUT2D eigenvalue weighted by Crippen LogP contribution is 2.21. The third-order valence-corrected chi connectivity index (χ3v) is 5.07. The van der Waals surface area contributed by atoms with Gasteiger partial charge >= 0.3 is 0 Å². The van der Waals surface area contributed by atoms with Gasteiger partial charge in [-0.1, -0.05) is 18.2 Å². The molecule has 0 unspecified atom stereocenters. The van der Waals surface area contributed by atoms with E-state index >= 15 is 0 Å². The molecule has 0 aromatic heterocycles. The van der Waals surface area contributed by atoms with Gasteiger partial charge in [0.15, 0.2) is 5.11 Å². The van der Waals surface area contributed by atoms with Crippen LogP contribution < -0.4 is 16.4 Å². The number of carbonyl (C=O) groups excluding carboxylic acids is 1. The first kappa shape index (κ1) is 20.3. The van der Waals surface area contributed by atoms with E-state index in [0.29, 0.717) is 11.3 Å². The summed E-state index contributed by atoms with van der Waals surface area (Å²) in [6.07, 6.45) is 0. The number of nitrogens with two attached hydrogens (primary N) is 1. The van der Waals surface area contributed by atoms with Crippen molar-refractivity contribution < 1.29 is 4.79 Å². The molecule has 0 atom stereocenters. The lowest BCUT2D eigenvalue weighted by atomic mass is 10.1. The highest BCUT2D eigenvalue weighted by molar-refractivity contribution is 7.80. The molecule has 1 aliphatic heterocycles. The van der Waals surface area contributed by atoms with E-state index in [-0.39, 0.29) is 11.0 Å². The number of likely N-dealkylation sites (N-methyl/N-ethyl adjacent to an activating group) is 1. The van der Waals surface area contributed by atoms with Crippen LogP contribution >= 0.6 is 12.2 Å². The van der Waals surface area contributed by atoms with E-state index < -0.39 is 0 Å². The van der Waals surface area contributed by atoms with Crippen LogP contribution in [0.4, 0.5) is 11.4 Å². The van der Waals surface area contributed by atoms with Gasteiger partial charge in [0.25, 0.3) is 5.91 Å². The summed E-state index contributed by atoms with van der Waals surface area (Å²) in [6, 6.07) is 13.4. The molecule has 0 aliphatic carbocycles. The van der Waals surface area contributed by atoms with E-state index in [1.165, 1.54) is 5.56 Å². The van der Waals surface area contributed by atoms with Crippen molar-refractivity contribution in [3.63, 3.8) is 0 Å². The third kappa shape index (κ3) is 5.51. The molecule has 6 nitrogen and oxygen atoms in total. The minimum atomic E-state index is -0.142. The van der Waals surface area contributed by atoms with Gasteiger partial charge in [-0.25, -0.2) is 0 Å². The minimum Gasteiger partial charge on any atom is -0.376 e. The van der Waals surface area contributed by atoms with Gasteiger partial charge in [0.2, 0.25) is 0 Å². The normalized spacial score (nSPS) is 15.2. The summed E-state index contributed by atoms with van der Waals surface area (Å²) in [6.45, 7) is 7.22. The van der Waals surface area contributed by atoms with Crippen LogP contribution in [-0.2, 0) is 6.54 Å². The van der Waals surface area contributed by atoms with Crippen molar-refractivity contribution in [2.75, 3.05) is 43.9 Å². The molecule has 0 bridgehead atoms. The summed E-state index contributed by atoms with van der Waals surface area (Å²) in [7, 11) is 2.15. The average Bonchev–Trinajstić information content (AvgIpc) is 2.66. The highest BCUT2D eigenvalue weighted by Gasteiger charge is 2.14. The Labute approximate surface area is 171 Å². The Bertz CT molecular complexity index is 844. The molecule has 7 heteroatoms. The third-order valence-electron chi connectivity index (χ3n) is 4.97. The number of benzene rings is 2. The van der Waals surface area contributed by atoms with Crippen molar-refractivity contribution in [3.8, 4) is 0 Å². The first-order valence-corrected chi connectivity index (χ1v) is 9.80. The molecule has 148 valence electrons. The van der Waals surface area contributed by atoms with Crippen molar-refractivity contribution in [2.24, 2.45) is 5.73 Å². The van der Waals surface area contributed by atoms with Crippen LogP contribution in [-0.4, -0.2) is 54.0 Å². The quantitative estimate of drug-likeness (QED) is 0.674. The predicted molar refractivity (Wildman–Crippen MR) is 119 cm³/mol. The maximum atomic E-state index is 12.6. The van der Waals surface area contributed by atoms with Crippen LogP contribution in [0.25, 0.3) is 0 Å². The van der Waals surface area contributed by atoms with E-state index in [1.807, 2.05) is 49.4 Å². The van der Waals surface area contributed by atoms with Crippen LogP contribution in [0.5, 0.6) is 0 Å². The Morgan fingerprint density at radius 3 is 2.39 bits per heavy atom. The average molecular weight is 398 g/mol. The van der Waals surface area contributed by atoms with E-state index in [9.17, 15) is 4.79 Å². The zero-order valence-corrected chi connectivity index (χ0v) is 17.2. The Morgan fingerprint density at radius 1 is 1.07 bits per heavy atom. The maximum Gasteiger partial charge on any atom is 0.255 e. The minimum absolute atomic E-state index is 0.142. The molecule has 0 radical (unpaired) electrons. The second-order valence-electron chi connectivity index (χ2n) is 7.25. The number of nitrogens with one attached hydrogen (secondary N) is 2. The van der Waals surface area contributed by atoms with Crippen LogP contribution in [0.3, 0.4) is 0 Å². The van der Waals surface area contributed by atoms with Gasteiger partial charge in [-0.15, -0.1) is 0 Å². The largest absolute Gasteiger partial charge is 0.376 e. The van der Waals surface area contributed by atoms with Crippen LogP contribution in [0.15, 0.2) is 42.5 Å². The predicted octanol–water partition coefficient (Wildman–Crippen LogP) is 2.65. The number of nitrogens with zero attached hydrogens (tertiary/aromatic N) is 2. The summed E-state index contributed by atoms with van der Waals surface area (Å²) in [5.74, 6) is -0.142. The number of thiocarbonyl (C=S) groups is 1. The van der Waals surface area contributed by atoms with E-state index in [1.54, 1.807) is 0 Å². The van der Waals surface area contributed by atoms with Gasteiger partial charge in [0.1, 0.15) is 0 Å². The molecule has 1 heterocycles. The number of anilines is 2. The van der Waals surface area contributed by atoms with Gasteiger partial charge in [-0.05, 0) is 61.6 Å². The Hall–Kier alpha value is -2.48. The van der Waals surface area contributed by atoms with Crippen LogP contribution in [0.1, 0.15) is 21.5 Å². The lowest BCUT2D eigenvalue weighted by Crippen LogP contribution is -2.43. The molecule has 4 N–H and O–H groups in total. The SMILES string of the molecule is Cc1ccc(NC(=O)c2ccc(CN3CCN(C)CC3)cc2)cc1NC(N)=S. The first-order valence-electron chi connectivity index (χ1n) is 9.39. The molecule has 2 aromatic carbocycles. The molecule has 1 saturated heterocycles. The zero-order chi connectivity index (χ0) is 20.1. The topological polar surface area (TPSA) is 73.6 Å². The van der Waals surface area contributed by atoms with Crippen molar-refractivity contribution in [1.82, 2.24) is 9.80 Å². The monoisotopic (exact) mass is 397 g/mol. The van der Waals surface area contributed by atoms with E-state index in [4.69, 9.17) is 18.0 Å². The fourth-order valence-corrected chi connectivity index (χ4v) is 3.31. The van der Waals surface area contributed by atoms with Crippen molar-refractivity contribution in [3.05, 3.63) is 59.2 Å². The maximum absolute atomic E-state index is 12.6.